The number of hydrogen-bond donors (Lipinski definition) is 0. The zero-order chi connectivity index (χ0) is 21.1. The molecular weight excluding hydrogens is 366 g/mol. The Morgan fingerprint density at radius 2 is 1.60 bits per heavy atom. The molecule has 1 unspecified atom stereocenters. The minimum atomic E-state index is 0.153. The number of nitriles is 1. The SMILES string of the molecule is CC(C)Cc1ccc(C(C)c2nc3ccccc3n2Cc2ccccc2C#N)cc1. The molecule has 1 atom stereocenters. The first kappa shape index (κ1) is 19.9. The maximum atomic E-state index is 9.53. The van der Waals surface area contributed by atoms with E-state index in [4.69, 9.17) is 4.98 Å². The molecule has 1 aromatic heterocycles. The molecule has 3 nitrogen and oxygen atoms in total. The highest BCUT2D eigenvalue weighted by Gasteiger charge is 2.19. The van der Waals surface area contributed by atoms with Gasteiger partial charge in [0.25, 0.3) is 0 Å². The number of rotatable bonds is 6. The zero-order valence-electron chi connectivity index (χ0n) is 17.8. The average Bonchev–Trinajstić information content (AvgIpc) is 3.12. The lowest BCUT2D eigenvalue weighted by Crippen LogP contribution is -2.10. The summed E-state index contributed by atoms with van der Waals surface area (Å²) in [6.45, 7) is 7.34. The van der Waals surface area contributed by atoms with E-state index in [9.17, 15) is 5.26 Å². The van der Waals surface area contributed by atoms with Crippen molar-refractivity contribution in [1.82, 2.24) is 9.55 Å². The number of nitrogens with zero attached hydrogens (tertiary/aromatic N) is 3. The molecule has 30 heavy (non-hydrogen) atoms. The number of fused-ring (bicyclic) bond motifs is 1. The first-order chi connectivity index (χ1) is 14.6. The van der Waals surface area contributed by atoms with Crippen LogP contribution in [-0.2, 0) is 13.0 Å². The predicted octanol–water partition coefficient (Wildman–Crippen LogP) is 6.31. The molecule has 4 rings (SSSR count). The van der Waals surface area contributed by atoms with Crippen molar-refractivity contribution in [3.05, 3.63) is 101 Å². The fourth-order valence-electron chi connectivity index (χ4n) is 4.09. The highest BCUT2D eigenvalue weighted by Crippen LogP contribution is 2.29. The molecule has 4 aromatic rings. The van der Waals surface area contributed by atoms with Gasteiger partial charge in [0.1, 0.15) is 5.82 Å². The third kappa shape index (κ3) is 4.00. The Kier molecular flexibility index (Phi) is 5.68. The molecule has 0 spiro atoms. The van der Waals surface area contributed by atoms with Crippen LogP contribution in [0.1, 0.15) is 54.8 Å². The van der Waals surface area contributed by atoms with Gasteiger partial charge in [0.15, 0.2) is 0 Å². The lowest BCUT2D eigenvalue weighted by Gasteiger charge is -2.16. The second-order valence-electron chi connectivity index (χ2n) is 8.38. The normalized spacial score (nSPS) is 12.2. The van der Waals surface area contributed by atoms with Gasteiger partial charge in [-0.3, -0.25) is 0 Å². The van der Waals surface area contributed by atoms with Crippen LogP contribution in [0.5, 0.6) is 0 Å². The van der Waals surface area contributed by atoms with Crippen LogP contribution in [0, 0.1) is 17.2 Å². The molecule has 0 radical (unpaired) electrons. The van der Waals surface area contributed by atoms with Crippen molar-refractivity contribution in [2.24, 2.45) is 5.92 Å². The summed E-state index contributed by atoms with van der Waals surface area (Å²) in [6.07, 6.45) is 1.10. The topological polar surface area (TPSA) is 41.6 Å². The Balaban J connectivity index is 1.75. The number of aromatic nitrogens is 2. The van der Waals surface area contributed by atoms with Gasteiger partial charge in [0.05, 0.1) is 29.2 Å². The molecule has 3 aromatic carbocycles. The number of hydrogen-bond acceptors (Lipinski definition) is 2. The first-order valence-corrected chi connectivity index (χ1v) is 10.6. The summed E-state index contributed by atoms with van der Waals surface area (Å²) in [5.41, 5.74) is 6.45. The Morgan fingerprint density at radius 1 is 0.900 bits per heavy atom. The Bertz CT molecular complexity index is 1190. The van der Waals surface area contributed by atoms with Crippen LogP contribution in [0.2, 0.25) is 0 Å². The molecule has 0 fully saturated rings. The fraction of sp³-hybridized carbons (Fsp3) is 0.259. The third-order valence-corrected chi connectivity index (χ3v) is 5.66. The summed E-state index contributed by atoms with van der Waals surface area (Å²) < 4.78 is 2.26. The van der Waals surface area contributed by atoms with E-state index in [1.165, 1.54) is 11.1 Å². The molecule has 0 saturated carbocycles. The van der Waals surface area contributed by atoms with Crippen molar-refractivity contribution in [2.75, 3.05) is 0 Å². The van der Waals surface area contributed by atoms with E-state index in [0.29, 0.717) is 18.0 Å². The van der Waals surface area contributed by atoms with E-state index in [2.05, 4.69) is 67.8 Å². The average molecular weight is 394 g/mol. The Hall–Kier alpha value is -3.38. The smallest absolute Gasteiger partial charge is 0.117 e. The van der Waals surface area contributed by atoms with Gasteiger partial charge in [-0.25, -0.2) is 4.98 Å². The number of para-hydroxylation sites is 2. The molecule has 0 aliphatic heterocycles. The minimum Gasteiger partial charge on any atom is -0.323 e. The van der Waals surface area contributed by atoms with Gasteiger partial charge in [-0.1, -0.05) is 75.4 Å². The number of imidazole rings is 1. The molecule has 0 amide bonds. The lowest BCUT2D eigenvalue weighted by molar-refractivity contribution is 0.646. The minimum absolute atomic E-state index is 0.153. The van der Waals surface area contributed by atoms with Gasteiger partial charge >= 0.3 is 0 Å². The van der Waals surface area contributed by atoms with Crippen LogP contribution < -0.4 is 0 Å². The van der Waals surface area contributed by atoms with Gasteiger partial charge in [-0.2, -0.15) is 5.26 Å². The molecule has 1 heterocycles. The van der Waals surface area contributed by atoms with Crippen LogP contribution in [0.4, 0.5) is 0 Å². The Labute approximate surface area is 178 Å². The van der Waals surface area contributed by atoms with E-state index >= 15 is 0 Å². The molecular formula is C27H27N3. The van der Waals surface area contributed by atoms with E-state index in [0.717, 1.165) is 28.8 Å². The van der Waals surface area contributed by atoms with Crippen molar-refractivity contribution >= 4 is 11.0 Å². The summed E-state index contributed by atoms with van der Waals surface area (Å²) in [5.74, 6) is 1.83. The van der Waals surface area contributed by atoms with Crippen LogP contribution in [0.15, 0.2) is 72.8 Å². The second kappa shape index (κ2) is 8.55. The molecule has 3 heteroatoms. The maximum absolute atomic E-state index is 9.53. The second-order valence-corrected chi connectivity index (χ2v) is 8.38. The van der Waals surface area contributed by atoms with Crippen LogP contribution in [-0.4, -0.2) is 9.55 Å². The molecule has 0 N–H and O–H groups in total. The zero-order valence-corrected chi connectivity index (χ0v) is 17.8. The van der Waals surface area contributed by atoms with E-state index < -0.39 is 0 Å². The molecule has 150 valence electrons. The summed E-state index contributed by atoms with van der Waals surface area (Å²) in [5, 5.41) is 9.53. The van der Waals surface area contributed by atoms with E-state index in [1.54, 1.807) is 0 Å². The van der Waals surface area contributed by atoms with Crippen molar-refractivity contribution in [2.45, 2.75) is 39.7 Å². The van der Waals surface area contributed by atoms with Crippen molar-refractivity contribution in [3.63, 3.8) is 0 Å². The first-order valence-electron chi connectivity index (χ1n) is 10.6. The largest absolute Gasteiger partial charge is 0.323 e. The molecule has 0 saturated heterocycles. The summed E-state index contributed by atoms with van der Waals surface area (Å²) in [4.78, 5) is 4.99. The predicted molar refractivity (Wildman–Crippen MR) is 122 cm³/mol. The van der Waals surface area contributed by atoms with E-state index in [1.807, 2.05) is 36.4 Å². The van der Waals surface area contributed by atoms with Gasteiger partial charge in [0, 0.05) is 5.92 Å². The Morgan fingerprint density at radius 3 is 2.33 bits per heavy atom. The monoisotopic (exact) mass is 393 g/mol. The van der Waals surface area contributed by atoms with Crippen molar-refractivity contribution in [1.29, 1.82) is 5.26 Å². The van der Waals surface area contributed by atoms with Gasteiger partial charge in [-0.15, -0.1) is 0 Å². The van der Waals surface area contributed by atoms with Crippen molar-refractivity contribution in [3.8, 4) is 6.07 Å². The summed E-state index contributed by atoms with van der Waals surface area (Å²) in [7, 11) is 0. The molecule has 0 aliphatic carbocycles. The fourth-order valence-corrected chi connectivity index (χ4v) is 4.09. The van der Waals surface area contributed by atoms with E-state index in [-0.39, 0.29) is 5.92 Å². The number of benzene rings is 3. The van der Waals surface area contributed by atoms with Gasteiger partial charge < -0.3 is 4.57 Å². The van der Waals surface area contributed by atoms with Gasteiger partial charge in [0.2, 0.25) is 0 Å². The third-order valence-electron chi connectivity index (χ3n) is 5.66. The molecule has 0 bridgehead atoms. The highest BCUT2D eigenvalue weighted by atomic mass is 15.1. The van der Waals surface area contributed by atoms with Gasteiger partial charge in [-0.05, 0) is 47.2 Å². The quantitative estimate of drug-likeness (QED) is 0.385. The maximum Gasteiger partial charge on any atom is 0.117 e. The standard InChI is InChI=1S/C27H27N3/c1-19(2)16-21-12-14-22(15-13-21)20(3)27-29-25-10-6-7-11-26(25)30(27)18-24-9-5-4-8-23(24)17-28/h4-15,19-20H,16,18H2,1-3H3. The molecule has 0 aliphatic rings. The van der Waals surface area contributed by atoms with Crippen LogP contribution in [0.25, 0.3) is 11.0 Å². The van der Waals surface area contributed by atoms with Crippen LogP contribution in [0.3, 0.4) is 0 Å². The summed E-state index contributed by atoms with van der Waals surface area (Å²) >= 11 is 0. The highest BCUT2D eigenvalue weighted by molar-refractivity contribution is 5.76. The summed E-state index contributed by atoms with van der Waals surface area (Å²) in [6, 6.07) is 27.3. The lowest BCUT2D eigenvalue weighted by atomic mass is 9.96. The van der Waals surface area contributed by atoms with Crippen LogP contribution >= 0.6 is 0 Å². The van der Waals surface area contributed by atoms with Crippen molar-refractivity contribution < 1.29 is 0 Å².